The number of pyridine rings is 2. The van der Waals surface area contributed by atoms with Crippen molar-refractivity contribution in [1.29, 1.82) is 0 Å². The third-order valence-electron chi connectivity index (χ3n) is 3.52. The van der Waals surface area contributed by atoms with E-state index in [1.54, 1.807) is 0 Å². The molecule has 3 rings (SSSR count). The van der Waals surface area contributed by atoms with E-state index in [-0.39, 0.29) is 52.7 Å². The van der Waals surface area contributed by atoms with Crippen LogP contribution in [0.25, 0.3) is 10.9 Å². The van der Waals surface area contributed by atoms with Crippen LogP contribution in [0.1, 0.15) is 26.5 Å². The molecule has 0 aliphatic rings. The fourth-order valence-electron chi connectivity index (χ4n) is 2.31. The van der Waals surface area contributed by atoms with Crippen LogP contribution in [0.3, 0.4) is 0 Å². The van der Waals surface area contributed by atoms with Crippen LogP contribution in [0.4, 0.5) is 4.39 Å². The number of fused-ring (bicyclic) bond motifs is 1. The van der Waals surface area contributed by atoms with Crippen LogP contribution in [-0.4, -0.2) is 61.6 Å². The second kappa shape index (κ2) is 8.22. The monoisotopic (exact) mass is 365 g/mol. The molecule has 9 heteroatoms. The summed E-state index contributed by atoms with van der Waals surface area (Å²) in [6, 6.07) is 8.43. The van der Waals surface area contributed by atoms with Gasteiger partial charge in [0, 0.05) is 18.1 Å². The summed E-state index contributed by atoms with van der Waals surface area (Å²) in [6.45, 7) is 0.0584. The number of aromatic hydroxyl groups is 1. The molecule has 1 aromatic carbocycles. The van der Waals surface area contributed by atoms with Crippen molar-refractivity contribution in [2.45, 2.75) is 6.54 Å². The van der Waals surface area contributed by atoms with Crippen LogP contribution in [0.5, 0.6) is 5.75 Å². The second-order valence-corrected chi connectivity index (χ2v) is 5.17. The molecule has 3 aromatic rings. The molecule has 0 aliphatic heterocycles. The zero-order valence-electron chi connectivity index (χ0n) is 12.7. The van der Waals surface area contributed by atoms with Gasteiger partial charge < -0.3 is 15.5 Å². The van der Waals surface area contributed by atoms with Crippen LogP contribution in [0.2, 0.25) is 0 Å². The van der Waals surface area contributed by atoms with Gasteiger partial charge in [0.05, 0.1) is 0 Å². The van der Waals surface area contributed by atoms with Gasteiger partial charge in [-0.25, -0.2) is 14.2 Å². The number of carboxylic acid groups (broad SMARTS) is 1. The minimum atomic E-state index is -1.34. The van der Waals surface area contributed by atoms with Gasteiger partial charge in [-0.1, -0.05) is 12.1 Å². The fourth-order valence-corrected chi connectivity index (χ4v) is 2.31. The predicted molar refractivity (Wildman–Crippen MR) is 92.9 cm³/mol. The first-order valence-electron chi connectivity index (χ1n) is 7.21. The standard InChI is InChI=1S/C17H12FN3O4.Na.H/c18-10-5-3-9(4-6-10)8-20-16(23)14-15(22)12-11(2-1-7-19-12)13(21-14)17(24)25;;/h1-7,22H,8H2,(H,20,23)(H,24,25);;. The number of carbonyl (C=O) groups is 2. The summed E-state index contributed by atoms with van der Waals surface area (Å²) in [4.78, 5) is 31.4. The molecule has 0 fully saturated rings. The number of nitrogens with one attached hydrogen (secondary N) is 1. The number of carboxylic acids is 1. The Hall–Kier alpha value is -2.55. The van der Waals surface area contributed by atoms with E-state index in [1.165, 1.54) is 42.6 Å². The van der Waals surface area contributed by atoms with Gasteiger partial charge >= 0.3 is 35.5 Å². The molecule has 128 valence electrons. The van der Waals surface area contributed by atoms with Crippen molar-refractivity contribution in [2.24, 2.45) is 0 Å². The maximum absolute atomic E-state index is 12.9. The molecule has 3 N–H and O–H groups in total. The first-order chi connectivity index (χ1) is 12.0. The van der Waals surface area contributed by atoms with E-state index < -0.39 is 29.1 Å². The first-order valence-corrected chi connectivity index (χ1v) is 7.21. The number of carbonyl (C=O) groups excluding carboxylic acids is 1. The van der Waals surface area contributed by atoms with E-state index in [2.05, 4.69) is 15.3 Å². The normalized spacial score (nSPS) is 10.2. The summed E-state index contributed by atoms with van der Waals surface area (Å²) in [5, 5.41) is 22.1. The molecular formula is C17H13FN3NaO4. The molecule has 0 unspecified atom stereocenters. The minimum absolute atomic E-state index is 0. The molecule has 1 amide bonds. The Morgan fingerprint density at radius 1 is 1.12 bits per heavy atom. The van der Waals surface area contributed by atoms with E-state index in [0.29, 0.717) is 5.56 Å². The molecule has 0 spiro atoms. The average Bonchev–Trinajstić information content (AvgIpc) is 2.61. The Balaban J connectivity index is 0.00000243. The van der Waals surface area contributed by atoms with Crippen molar-refractivity contribution in [3.8, 4) is 5.75 Å². The molecule has 2 heterocycles. The van der Waals surface area contributed by atoms with Crippen molar-refractivity contribution in [1.82, 2.24) is 15.3 Å². The molecule has 0 radical (unpaired) electrons. The van der Waals surface area contributed by atoms with Gasteiger partial charge in [-0.15, -0.1) is 0 Å². The molecule has 0 saturated carbocycles. The number of aromatic nitrogens is 2. The average molecular weight is 365 g/mol. The Kier molecular flexibility index (Phi) is 6.25. The maximum atomic E-state index is 12.9. The molecule has 0 atom stereocenters. The Labute approximate surface area is 169 Å². The van der Waals surface area contributed by atoms with Gasteiger partial charge in [0.25, 0.3) is 5.91 Å². The van der Waals surface area contributed by atoms with E-state index >= 15 is 0 Å². The third-order valence-corrected chi connectivity index (χ3v) is 3.52. The summed E-state index contributed by atoms with van der Waals surface area (Å²) < 4.78 is 12.9. The molecule has 26 heavy (non-hydrogen) atoms. The van der Waals surface area contributed by atoms with Crippen molar-refractivity contribution >= 4 is 52.3 Å². The molecular weight excluding hydrogens is 352 g/mol. The number of rotatable bonds is 4. The van der Waals surface area contributed by atoms with E-state index in [4.69, 9.17) is 0 Å². The number of benzene rings is 1. The number of aromatic carboxylic acids is 1. The van der Waals surface area contributed by atoms with Crippen molar-refractivity contribution in [2.75, 3.05) is 0 Å². The van der Waals surface area contributed by atoms with E-state index in [1.807, 2.05) is 0 Å². The summed E-state index contributed by atoms with van der Waals surface area (Å²) in [6.07, 6.45) is 1.37. The number of hydrogen-bond donors (Lipinski definition) is 3. The summed E-state index contributed by atoms with van der Waals surface area (Å²) >= 11 is 0. The topological polar surface area (TPSA) is 112 Å². The van der Waals surface area contributed by atoms with Gasteiger partial charge in [0.15, 0.2) is 17.1 Å². The van der Waals surface area contributed by atoms with Gasteiger partial charge in [-0.3, -0.25) is 9.78 Å². The summed E-state index contributed by atoms with van der Waals surface area (Å²) in [7, 11) is 0. The van der Waals surface area contributed by atoms with Gasteiger partial charge in [-0.05, 0) is 29.8 Å². The fraction of sp³-hybridized carbons (Fsp3) is 0.0588. The van der Waals surface area contributed by atoms with Crippen LogP contribution < -0.4 is 5.32 Å². The number of amides is 1. The summed E-state index contributed by atoms with van der Waals surface area (Å²) in [5.74, 6) is -3.01. The molecule has 7 nitrogen and oxygen atoms in total. The second-order valence-electron chi connectivity index (χ2n) is 5.17. The SMILES string of the molecule is O=C(NCc1ccc(F)cc1)c1nc(C(=O)O)c2cccnc2c1O.[NaH]. The van der Waals surface area contributed by atoms with Crippen LogP contribution in [0, 0.1) is 5.82 Å². The van der Waals surface area contributed by atoms with E-state index in [0.717, 1.165) is 0 Å². The van der Waals surface area contributed by atoms with Gasteiger partial charge in [0.1, 0.15) is 11.3 Å². The first kappa shape index (κ1) is 19.8. The quantitative estimate of drug-likeness (QED) is 0.604. The molecule has 2 aromatic heterocycles. The van der Waals surface area contributed by atoms with Crippen molar-refractivity contribution < 1.29 is 24.2 Å². The third kappa shape index (κ3) is 3.98. The predicted octanol–water partition coefficient (Wildman–Crippen LogP) is 1.45. The molecule has 0 aliphatic carbocycles. The zero-order valence-corrected chi connectivity index (χ0v) is 12.7. The van der Waals surface area contributed by atoms with Crippen molar-refractivity contribution in [3.05, 3.63) is 65.4 Å². The summed E-state index contributed by atoms with van der Waals surface area (Å²) in [5.41, 5.74) is -0.216. The Bertz CT molecular complexity index is 980. The Morgan fingerprint density at radius 2 is 1.81 bits per heavy atom. The molecule has 0 saturated heterocycles. The van der Waals surface area contributed by atoms with E-state index in [9.17, 15) is 24.2 Å². The van der Waals surface area contributed by atoms with Crippen LogP contribution in [-0.2, 0) is 6.54 Å². The van der Waals surface area contributed by atoms with Gasteiger partial charge in [-0.2, -0.15) is 0 Å². The van der Waals surface area contributed by atoms with Crippen molar-refractivity contribution in [3.63, 3.8) is 0 Å². The number of nitrogens with zero attached hydrogens (tertiary/aromatic N) is 2. The number of halogens is 1. The van der Waals surface area contributed by atoms with Gasteiger partial charge in [0.2, 0.25) is 0 Å². The van der Waals surface area contributed by atoms with Crippen LogP contribution >= 0.6 is 0 Å². The number of hydrogen-bond acceptors (Lipinski definition) is 5. The Morgan fingerprint density at radius 3 is 2.46 bits per heavy atom. The molecule has 0 bridgehead atoms. The zero-order chi connectivity index (χ0) is 18.0. The van der Waals surface area contributed by atoms with Crippen LogP contribution in [0.15, 0.2) is 42.6 Å².